The molecule has 1 heterocycles. The van der Waals surface area contributed by atoms with E-state index in [9.17, 15) is 28.8 Å². The van der Waals surface area contributed by atoms with Crippen molar-refractivity contribution < 1.29 is 28.8 Å². The van der Waals surface area contributed by atoms with Gasteiger partial charge >= 0.3 is 0 Å². The minimum absolute atomic E-state index is 0.0171. The molecule has 11 nitrogen and oxygen atoms in total. The molecule has 5 amide bonds. The number of amides is 5. The lowest BCUT2D eigenvalue weighted by Crippen LogP contribution is -2.61. The van der Waals surface area contributed by atoms with Crippen molar-refractivity contribution in [2.75, 3.05) is 13.6 Å². The van der Waals surface area contributed by atoms with Crippen LogP contribution in [-0.2, 0) is 28.8 Å². The summed E-state index contributed by atoms with van der Waals surface area (Å²) in [5, 5.41) is 11.4. The number of likely N-dealkylation sites (N-methyl/N-ethyl adjacent to an activating group) is 1. The summed E-state index contributed by atoms with van der Waals surface area (Å²) in [7, 11) is 1.62. The molecule has 11 heteroatoms. The molecule has 0 radical (unpaired) electrons. The van der Waals surface area contributed by atoms with Gasteiger partial charge in [0.15, 0.2) is 0 Å². The molecular weight excluding hydrogens is 562 g/mol. The monoisotopic (exact) mass is 615 g/mol. The second-order valence-electron chi connectivity index (χ2n) is 14.6. The first-order valence-corrected chi connectivity index (χ1v) is 16.9. The number of ketones is 1. The molecule has 246 valence electrons. The van der Waals surface area contributed by atoms with Gasteiger partial charge in [0, 0.05) is 31.0 Å². The van der Waals surface area contributed by atoms with E-state index in [-0.39, 0.29) is 42.0 Å². The van der Waals surface area contributed by atoms with E-state index in [2.05, 4.69) is 21.3 Å². The van der Waals surface area contributed by atoms with E-state index < -0.39 is 47.1 Å². The van der Waals surface area contributed by atoms with Crippen LogP contribution >= 0.6 is 0 Å². The molecular formula is C33H53N5O6. The van der Waals surface area contributed by atoms with E-state index >= 15 is 0 Å². The zero-order chi connectivity index (χ0) is 32.0. The fraction of sp³-hybridized carbons (Fsp3) is 0.818. The molecule has 4 N–H and O–H groups in total. The fourth-order valence-corrected chi connectivity index (χ4v) is 7.02. The topological polar surface area (TPSA) is 154 Å². The molecule has 44 heavy (non-hydrogen) atoms. The van der Waals surface area contributed by atoms with Crippen LogP contribution in [0, 0.1) is 23.2 Å². The standard InChI is InChI=1S/C33H53N5O6/c1-33(2,3)32(44)37-25(20-11-8-9-12-20)31(43)38(4)26(21-13-6-5-7-14-21)29(41)36-24(19-22-15-10-18-34-28(22)40)27(39)30(42)35-23-16-17-23/h20-26H,5-19H2,1-4H3,(H,34,40)(H,35,42)(H,36,41)(H,37,44)/t22-,24-,25+,26-/m0/s1. The highest BCUT2D eigenvalue weighted by Crippen LogP contribution is 2.33. The molecule has 3 saturated carbocycles. The van der Waals surface area contributed by atoms with Crippen molar-refractivity contribution in [3.8, 4) is 0 Å². The van der Waals surface area contributed by atoms with Gasteiger partial charge in [0.25, 0.3) is 5.91 Å². The zero-order valence-corrected chi connectivity index (χ0v) is 27.0. The SMILES string of the molecule is CN(C(=O)[C@H](NC(=O)C(C)(C)C)C1CCCC1)[C@H](C(=O)N[C@@H](C[C@@H]1CCCNC1=O)C(=O)C(=O)NC1CC1)C1CCCCC1. The average Bonchev–Trinajstić information content (AvgIpc) is 3.64. The van der Waals surface area contributed by atoms with Crippen LogP contribution in [0.4, 0.5) is 0 Å². The van der Waals surface area contributed by atoms with Gasteiger partial charge in [-0.1, -0.05) is 52.9 Å². The Morgan fingerprint density at radius 2 is 1.45 bits per heavy atom. The van der Waals surface area contributed by atoms with Gasteiger partial charge < -0.3 is 26.2 Å². The molecule has 1 aliphatic heterocycles. The maximum absolute atomic E-state index is 14.2. The van der Waals surface area contributed by atoms with Gasteiger partial charge in [0.05, 0.1) is 6.04 Å². The normalized spacial score (nSPS) is 23.5. The Labute approximate surface area is 261 Å². The lowest BCUT2D eigenvalue weighted by atomic mass is 9.82. The zero-order valence-electron chi connectivity index (χ0n) is 27.0. The second kappa shape index (κ2) is 14.9. The number of piperidine rings is 1. The van der Waals surface area contributed by atoms with Crippen LogP contribution in [0.15, 0.2) is 0 Å². The van der Waals surface area contributed by atoms with Gasteiger partial charge in [0.1, 0.15) is 12.1 Å². The summed E-state index contributed by atoms with van der Waals surface area (Å²) in [5.41, 5.74) is -0.685. The molecule has 3 aliphatic carbocycles. The molecule has 4 atom stereocenters. The Balaban J connectivity index is 1.58. The molecule has 4 aliphatic rings. The smallest absolute Gasteiger partial charge is 0.289 e. The molecule has 4 rings (SSSR count). The Morgan fingerprint density at radius 3 is 2.05 bits per heavy atom. The van der Waals surface area contributed by atoms with Crippen molar-refractivity contribution in [3.63, 3.8) is 0 Å². The number of nitrogens with one attached hydrogen (secondary N) is 4. The Morgan fingerprint density at radius 1 is 0.841 bits per heavy atom. The first kappa shape index (κ1) is 33.9. The van der Waals surface area contributed by atoms with E-state index in [1.54, 1.807) is 7.05 Å². The minimum atomic E-state index is -1.18. The number of hydrogen-bond acceptors (Lipinski definition) is 6. The molecule has 0 aromatic carbocycles. The quantitative estimate of drug-likeness (QED) is 0.247. The van der Waals surface area contributed by atoms with Crippen molar-refractivity contribution in [2.45, 2.75) is 135 Å². The van der Waals surface area contributed by atoms with E-state index in [1.807, 2.05) is 20.8 Å². The summed E-state index contributed by atoms with van der Waals surface area (Å²) in [6, 6.07) is -2.84. The second-order valence-corrected chi connectivity index (χ2v) is 14.6. The third kappa shape index (κ3) is 8.81. The third-order valence-electron chi connectivity index (χ3n) is 9.92. The molecule has 0 spiro atoms. The molecule has 0 unspecified atom stereocenters. The van der Waals surface area contributed by atoms with Crippen LogP contribution in [0.5, 0.6) is 0 Å². The summed E-state index contributed by atoms with van der Waals surface area (Å²) >= 11 is 0. The van der Waals surface area contributed by atoms with Crippen molar-refractivity contribution >= 4 is 35.3 Å². The predicted molar refractivity (Wildman–Crippen MR) is 165 cm³/mol. The number of Topliss-reactive ketones (excluding diaryl/α,β-unsaturated/α-hetero) is 1. The predicted octanol–water partition coefficient (Wildman–Crippen LogP) is 2.36. The van der Waals surface area contributed by atoms with Gasteiger partial charge in [-0.2, -0.15) is 0 Å². The number of nitrogens with zero attached hydrogens (tertiary/aromatic N) is 1. The summed E-state index contributed by atoms with van der Waals surface area (Å²) < 4.78 is 0. The van der Waals surface area contributed by atoms with E-state index in [1.165, 1.54) is 4.90 Å². The summed E-state index contributed by atoms with van der Waals surface area (Å²) in [4.78, 5) is 81.9. The van der Waals surface area contributed by atoms with Crippen LogP contribution in [0.25, 0.3) is 0 Å². The Hall–Kier alpha value is -2.98. The Kier molecular flexibility index (Phi) is 11.5. The number of carbonyl (C=O) groups excluding carboxylic acids is 6. The van der Waals surface area contributed by atoms with Crippen LogP contribution in [0.3, 0.4) is 0 Å². The van der Waals surface area contributed by atoms with Gasteiger partial charge in [-0.25, -0.2) is 0 Å². The van der Waals surface area contributed by atoms with Crippen molar-refractivity contribution in [1.29, 1.82) is 0 Å². The minimum Gasteiger partial charge on any atom is -0.356 e. The van der Waals surface area contributed by atoms with Gasteiger partial charge in [-0.05, 0) is 69.6 Å². The van der Waals surface area contributed by atoms with Crippen LogP contribution in [0.1, 0.15) is 111 Å². The number of carbonyl (C=O) groups is 6. The van der Waals surface area contributed by atoms with Crippen LogP contribution in [0.2, 0.25) is 0 Å². The molecule has 0 bridgehead atoms. The van der Waals surface area contributed by atoms with E-state index in [0.717, 1.165) is 77.0 Å². The van der Waals surface area contributed by atoms with Crippen molar-refractivity contribution in [3.05, 3.63) is 0 Å². The summed E-state index contributed by atoms with van der Waals surface area (Å²) in [6.07, 6.45) is 11.0. The Bertz CT molecular complexity index is 1090. The molecule has 0 aromatic rings. The van der Waals surface area contributed by atoms with Gasteiger partial charge in [0.2, 0.25) is 29.4 Å². The highest BCUT2D eigenvalue weighted by atomic mass is 16.2. The van der Waals surface area contributed by atoms with Crippen LogP contribution in [-0.4, -0.2) is 78.0 Å². The number of hydrogen-bond donors (Lipinski definition) is 4. The maximum atomic E-state index is 14.2. The first-order chi connectivity index (χ1) is 20.9. The fourth-order valence-electron chi connectivity index (χ4n) is 7.02. The maximum Gasteiger partial charge on any atom is 0.289 e. The molecule has 1 saturated heterocycles. The lowest BCUT2D eigenvalue weighted by molar-refractivity contribution is -0.147. The summed E-state index contributed by atoms with van der Waals surface area (Å²) in [6.45, 7) is 5.99. The van der Waals surface area contributed by atoms with E-state index in [4.69, 9.17) is 0 Å². The molecule has 0 aromatic heterocycles. The first-order valence-electron chi connectivity index (χ1n) is 16.9. The largest absolute Gasteiger partial charge is 0.356 e. The van der Waals surface area contributed by atoms with Gasteiger partial charge in [-0.15, -0.1) is 0 Å². The molecule has 4 fully saturated rings. The van der Waals surface area contributed by atoms with Crippen LogP contribution < -0.4 is 21.3 Å². The van der Waals surface area contributed by atoms with Crippen molar-refractivity contribution in [1.82, 2.24) is 26.2 Å². The third-order valence-corrected chi connectivity index (χ3v) is 9.92. The highest BCUT2D eigenvalue weighted by molar-refractivity contribution is 6.38. The summed E-state index contributed by atoms with van der Waals surface area (Å²) in [5.74, 6) is -3.36. The van der Waals surface area contributed by atoms with E-state index in [0.29, 0.717) is 13.0 Å². The van der Waals surface area contributed by atoms with Gasteiger partial charge in [-0.3, -0.25) is 28.8 Å². The lowest BCUT2D eigenvalue weighted by Gasteiger charge is -2.39. The number of rotatable bonds is 12. The highest BCUT2D eigenvalue weighted by Gasteiger charge is 2.43. The van der Waals surface area contributed by atoms with Crippen molar-refractivity contribution in [2.24, 2.45) is 23.2 Å². The average molecular weight is 616 g/mol.